The quantitative estimate of drug-likeness (QED) is 0.325. The summed E-state index contributed by atoms with van der Waals surface area (Å²) in [5.41, 5.74) is 0. The van der Waals surface area contributed by atoms with Gasteiger partial charge in [-0.15, -0.1) is 0 Å². The monoisotopic (exact) mass is 211 g/mol. The molecule has 0 nitrogen and oxygen atoms in total. The SMILES string of the molecule is [CH2-]CCCC(CCCCCCC)C(C)C. The van der Waals surface area contributed by atoms with Crippen LogP contribution in [0.4, 0.5) is 0 Å². The molecule has 0 spiro atoms. The molecule has 1 atom stereocenters. The second-order valence-electron chi connectivity index (χ2n) is 5.20. The molecular weight excluding hydrogens is 180 g/mol. The van der Waals surface area contributed by atoms with E-state index in [4.69, 9.17) is 0 Å². The highest BCUT2D eigenvalue weighted by atomic mass is 14.2. The molecule has 0 bridgehead atoms. The van der Waals surface area contributed by atoms with Gasteiger partial charge in [0.05, 0.1) is 0 Å². The van der Waals surface area contributed by atoms with Crippen molar-refractivity contribution < 1.29 is 0 Å². The fourth-order valence-corrected chi connectivity index (χ4v) is 2.23. The average Bonchev–Trinajstić information content (AvgIpc) is 2.21. The molecule has 92 valence electrons. The summed E-state index contributed by atoms with van der Waals surface area (Å²) in [5, 5.41) is 0. The molecule has 0 aromatic heterocycles. The Morgan fingerprint density at radius 1 is 0.867 bits per heavy atom. The Morgan fingerprint density at radius 2 is 1.47 bits per heavy atom. The molecule has 1 unspecified atom stereocenters. The minimum Gasteiger partial charge on any atom is -0.343 e. The molecule has 15 heavy (non-hydrogen) atoms. The zero-order valence-electron chi connectivity index (χ0n) is 11.2. The van der Waals surface area contributed by atoms with Gasteiger partial charge >= 0.3 is 0 Å². The molecule has 0 aliphatic carbocycles. The Hall–Kier alpha value is 0. The van der Waals surface area contributed by atoms with Gasteiger partial charge in [0.2, 0.25) is 0 Å². The molecule has 0 aliphatic rings. The third-order valence-electron chi connectivity index (χ3n) is 3.45. The fraction of sp³-hybridized carbons (Fsp3) is 0.933. The van der Waals surface area contributed by atoms with Gasteiger partial charge in [0.1, 0.15) is 0 Å². The highest BCUT2D eigenvalue weighted by Crippen LogP contribution is 2.24. The van der Waals surface area contributed by atoms with E-state index in [-0.39, 0.29) is 0 Å². The predicted octanol–water partition coefficient (Wildman–Crippen LogP) is 5.62. The zero-order valence-corrected chi connectivity index (χ0v) is 11.2. The zero-order chi connectivity index (χ0) is 11.5. The van der Waals surface area contributed by atoms with Crippen LogP contribution in [0.2, 0.25) is 0 Å². The van der Waals surface area contributed by atoms with Gasteiger partial charge in [-0.1, -0.05) is 72.1 Å². The van der Waals surface area contributed by atoms with Crippen molar-refractivity contribution in [2.75, 3.05) is 0 Å². The maximum absolute atomic E-state index is 3.94. The predicted molar refractivity (Wildman–Crippen MR) is 70.9 cm³/mol. The van der Waals surface area contributed by atoms with Crippen LogP contribution in [0.5, 0.6) is 0 Å². The molecule has 0 aliphatic heterocycles. The highest BCUT2D eigenvalue weighted by Gasteiger charge is 2.11. The smallest absolute Gasteiger partial charge is 0.0392 e. The van der Waals surface area contributed by atoms with E-state index in [0.717, 1.165) is 18.3 Å². The largest absolute Gasteiger partial charge is 0.343 e. The molecule has 0 aromatic carbocycles. The molecule has 0 saturated carbocycles. The summed E-state index contributed by atoms with van der Waals surface area (Å²) in [4.78, 5) is 0. The van der Waals surface area contributed by atoms with E-state index < -0.39 is 0 Å². The summed E-state index contributed by atoms with van der Waals surface area (Å²) >= 11 is 0. The van der Waals surface area contributed by atoms with Crippen molar-refractivity contribution >= 4 is 0 Å². The number of hydrogen-bond acceptors (Lipinski definition) is 0. The molecule has 0 heteroatoms. The third kappa shape index (κ3) is 8.96. The topological polar surface area (TPSA) is 0 Å². The first-order valence-electron chi connectivity index (χ1n) is 7.01. The van der Waals surface area contributed by atoms with E-state index >= 15 is 0 Å². The van der Waals surface area contributed by atoms with Crippen molar-refractivity contribution in [1.82, 2.24) is 0 Å². The van der Waals surface area contributed by atoms with Gasteiger partial charge in [-0.3, -0.25) is 0 Å². The van der Waals surface area contributed by atoms with Crippen LogP contribution >= 0.6 is 0 Å². The van der Waals surface area contributed by atoms with E-state index in [2.05, 4.69) is 27.7 Å². The van der Waals surface area contributed by atoms with Crippen LogP contribution in [0.15, 0.2) is 0 Å². The second-order valence-corrected chi connectivity index (χ2v) is 5.20. The Morgan fingerprint density at radius 3 is 2.00 bits per heavy atom. The molecule has 0 rings (SSSR count). The van der Waals surface area contributed by atoms with Gasteiger partial charge in [-0.25, -0.2) is 0 Å². The van der Waals surface area contributed by atoms with E-state index in [1.165, 1.54) is 51.4 Å². The lowest BCUT2D eigenvalue weighted by Crippen LogP contribution is -2.08. The second kappa shape index (κ2) is 10.5. The molecular formula is C15H31-. The Bertz CT molecular complexity index is 115. The third-order valence-corrected chi connectivity index (χ3v) is 3.45. The van der Waals surface area contributed by atoms with E-state index in [0.29, 0.717) is 0 Å². The number of hydrogen-bond donors (Lipinski definition) is 0. The fourth-order valence-electron chi connectivity index (χ4n) is 2.23. The first-order chi connectivity index (χ1) is 7.22. The molecule has 0 saturated heterocycles. The molecule has 0 aromatic rings. The molecule has 0 heterocycles. The molecule has 0 fully saturated rings. The first-order valence-corrected chi connectivity index (χ1v) is 7.01. The summed E-state index contributed by atoms with van der Waals surface area (Å²) in [6.07, 6.45) is 12.4. The van der Waals surface area contributed by atoms with Gasteiger partial charge in [0.25, 0.3) is 0 Å². The van der Waals surface area contributed by atoms with Crippen molar-refractivity contribution in [3.8, 4) is 0 Å². The summed E-state index contributed by atoms with van der Waals surface area (Å²) in [7, 11) is 0. The summed E-state index contributed by atoms with van der Waals surface area (Å²) in [6.45, 7) is 11.0. The van der Waals surface area contributed by atoms with Crippen LogP contribution in [-0.2, 0) is 0 Å². The first kappa shape index (κ1) is 15.0. The standard InChI is InChI=1S/C15H31/c1-5-7-9-10-11-13-15(14(3)4)12-8-6-2/h14-15H,2,5-13H2,1,3-4H3/q-1. The van der Waals surface area contributed by atoms with Crippen molar-refractivity contribution in [2.24, 2.45) is 11.8 Å². The van der Waals surface area contributed by atoms with E-state index in [9.17, 15) is 0 Å². The van der Waals surface area contributed by atoms with Crippen LogP contribution in [0, 0.1) is 18.8 Å². The van der Waals surface area contributed by atoms with Crippen molar-refractivity contribution in [3.63, 3.8) is 0 Å². The van der Waals surface area contributed by atoms with E-state index in [1.54, 1.807) is 0 Å². The highest BCUT2D eigenvalue weighted by molar-refractivity contribution is 4.64. The van der Waals surface area contributed by atoms with Crippen LogP contribution in [0.1, 0.15) is 78.6 Å². The minimum absolute atomic E-state index is 0.864. The van der Waals surface area contributed by atoms with Crippen molar-refractivity contribution in [3.05, 3.63) is 6.92 Å². The summed E-state index contributed by atoms with van der Waals surface area (Å²) in [6, 6.07) is 0. The Labute approximate surface area is 97.8 Å². The molecule has 0 N–H and O–H groups in total. The lowest BCUT2D eigenvalue weighted by Gasteiger charge is -2.21. The van der Waals surface area contributed by atoms with Crippen molar-refractivity contribution in [1.29, 1.82) is 0 Å². The van der Waals surface area contributed by atoms with Gasteiger partial charge in [-0.05, 0) is 11.8 Å². The number of rotatable bonds is 10. The Balaban J connectivity index is 3.48. The van der Waals surface area contributed by atoms with Gasteiger partial charge < -0.3 is 6.92 Å². The molecule has 0 radical (unpaired) electrons. The number of unbranched alkanes of at least 4 members (excludes halogenated alkanes) is 5. The minimum atomic E-state index is 0.864. The molecule has 0 amide bonds. The van der Waals surface area contributed by atoms with Crippen LogP contribution < -0.4 is 0 Å². The van der Waals surface area contributed by atoms with Crippen molar-refractivity contribution in [2.45, 2.75) is 78.6 Å². The lowest BCUT2D eigenvalue weighted by molar-refractivity contribution is 0.318. The van der Waals surface area contributed by atoms with E-state index in [1.807, 2.05) is 0 Å². The lowest BCUT2D eigenvalue weighted by atomic mass is 9.86. The normalized spacial score (nSPS) is 13.4. The van der Waals surface area contributed by atoms with Crippen LogP contribution in [0.25, 0.3) is 0 Å². The van der Waals surface area contributed by atoms with Crippen LogP contribution in [0.3, 0.4) is 0 Å². The van der Waals surface area contributed by atoms with Gasteiger partial charge in [0, 0.05) is 0 Å². The average molecular weight is 211 g/mol. The van der Waals surface area contributed by atoms with Gasteiger partial charge in [0.15, 0.2) is 0 Å². The maximum Gasteiger partial charge on any atom is -0.0392 e. The van der Waals surface area contributed by atoms with Gasteiger partial charge in [-0.2, -0.15) is 6.42 Å². The maximum atomic E-state index is 3.94. The summed E-state index contributed by atoms with van der Waals surface area (Å²) in [5.74, 6) is 1.82. The van der Waals surface area contributed by atoms with Crippen LogP contribution in [-0.4, -0.2) is 0 Å². The summed E-state index contributed by atoms with van der Waals surface area (Å²) < 4.78 is 0. The Kier molecular flexibility index (Phi) is 10.5.